The van der Waals surface area contributed by atoms with E-state index >= 15 is 0 Å². The molecular formula is C11H18N4OS. The van der Waals surface area contributed by atoms with E-state index < -0.39 is 5.41 Å². The van der Waals surface area contributed by atoms with Crippen LogP contribution < -0.4 is 11.1 Å². The first-order valence-corrected chi connectivity index (χ1v) is 6.79. The van der Waals surface area contributed by atoms with Gasteiger partial charge in [0.05, 0.1) is 5.41 Å². The molecule has 2 rings (SSSR count). The molecule has 1 amide bonds. The van der Waals surface area contributed by atoms with Crippen molar-refractivity contribution in [3.8, 4) is 0 Å². The van der Waals surface area contributed by atoms with Crippen LogP contribution in [-0.4, -0.2) is 22.6 Å². The number of amides is 1. The first kappa shape index (κ1) is 12.4. The molecule has 1 fully saturated rings. The molecule has 0 bridgehead atoms. The monoisotopic (exact) mass is 254 g/mol. The average molecular weight is 254 g/mol. The molecule has 1 aromatic heterocycles. The highest BCUT2D eigenvalue weighted by atomic mass is 32.1. The minimum Gasteiger partial charge on any atom is -0.329 e. The summed E-state index contributed by atoms with van der Waals surface area (Å²) >= 11 is 1.39. The van der Waals surface area contributed by atoms with Gasteiger partial charge in [0.1, 0.15) is 5.01 Å². The largest absolute Gasteiger partial charge is 0.329 e. The van der Waals surface area contributed by atoms with Crippen LogP contribution in [0.5, 0.6) is 0 Å². The molecule has 1 saturated carbocycles. The van der Waals surface area contributed by atoms with E-state index in [0.29, 0.717) is 11.7 Å². The Kier molecular flexibility index (Phi) is 3.73. The second-order valence-electron chi connectivity index (χ2n) is 4.63. The molecule has 1 aromatic rings. The molecule has 0 spiro atoms. The average Bonchev–Trinajstić information content (AvgIpc) is 2.75. The van der Waals surface area contributed by atoms with Crippen LogP contribution in [0.25, 0.3) is 0 Å². The normalized spacial score (nSPS) is 18.9. The topological polar surface area (TPSA) is 80.9 Å². The molecule has 1 aliphatic carbocycles. The van der Waals surface area contributed by atoms with Crippen LogP contribution in [-0.2, 0) is 4.79 Å². The van der Waals surface area contributed by atoms with Gasteiger partial charge in [0.2, 0.25) is 11.0 Å². The minimum atomic E-state index is -0.391. The number of carbonyl (C=O) groups excluding carboxylic acids is 1. The van der Waals surface area contributed by atoms with E-state index in [-0.39, 0.29) is 5.91 Å². The van der Waals surface area contributed by atoms with E-state index in [0.717, 1.165) is 30.7 Å². The van der Waals surface area contributed by atoms with Crippen molar-refractivity contribution in [2.45, 2.75) is 39.0 Å². The second-order valence-corrected chi connectivity index (χ2v) is 5.81. The Morgan fingerprint density at radius 2 is 2.12 bits per heavy atom. The molecule has 0 aromatic carbocycles. The molecule has 0 atom stereocenters. The van der Waals surface area contributed by atoms with Gasteiger partial charge in [-0.25, -0.2) is 0 Å². The quantitative estimate of drug-likeness (QED) is 0.860. The summed E-state index contributed by atoms with van der Waals surface area (Å²) in [5, 5.41) is 12.1. The third kappa shape index (κ3) is 2.63. The molecule has 0 radical (unpaired) electrons. The first-order chi connectivity index (χ1) is 8.16. The number of hydrogen-bond acceptors (Lipinski definition) is 5. The van der Waals surface area contributed by atoms with Crippen molar-refractivity contribution in [3.63, 3.8) is 0 Å². The number of anilines is 1. The number of aromatic nitrogens is 2. The van der Waals surface area contributed by atoms with Gasteiger partial charge in [-0.1, -0.05) is 30.6 Å². The predicted molar refractivity (Wildman–Crippen MR) is 67.8 cm³/mol. The summed E-state index contributed by atoms with van der Waals surface area (Å²) in [6, 6.07) is 0. The summed E-state index contributed by atoms with van der Waals surface area (Å²) in [5.74, 6) is 0.0100. The Morgan fingerprint density at radius 3 is 2.65 bits per heavy atom. The lowest BCUT2D eigenvalue weighted by Gasteiger charge is -2.34. The number of rotatable bonds is 3. The van der Waals surface area contributed by atoms with Crippen molar-refractivity contribution < 1.29 is 4.79 Å². The maximum Gasteiger partial charge on any atom is 0.233 e. The lowest BCUT2D eigenvalue weighted by Crippen LogP contribution is -2.43. The van der Waals surface area contributed by atoms with E-state index in [9.17, 15) is 4.79 Å². The van der Waals surface area contributed by atoms with Gasteiger partial charge in [-0.15, -0.1) is 10.2 Å². The van der Waals surface area contributed by atoms with Crippen LogP contribution in [0.3, 0.4) is 0 Å². The molecule has 0 aliphatic heterocycles. The van der Waals surface area contributed by atoms with Crippen molar-refractivity contribution in [2.75, 3.05) is 11.9 Å². The van der Waals surface area contributed by atoms with Gasteiger partial charge < -0.3 is 5.73 Å². The van der Waals surface area contributed by atoms with Gasteiger partial charge in [0.15, 0.2) is 0 Å². The molecule has 1 heterocycles. The highest BCUT2D eigenvalue weighted by Gasteiger charge is 2.38. The first-order valence-electron chi connectivity index (χ1n) is 5.98. The summed E-state index contributed by atoms with van der Waals surface area (Å²) < 4.78 is 0. The lowest BCUT2D eigenvalue weighted by molar-refractivity contribution is -0.126. The Labute approximate surface area is 105 Å². The minimum absolute atomic E-state index is 0.0100. The molecule has 0 unspecified atom stereocenters. The molecule has 0 saturated heterocycles. The fraction of sp³-hybridized carbons (Fsp3) is 0.727. The van der Waals surface area contributed by atoms with E-state index in [1.165, 1.54) is 17.8 Å². The smallest absolute Gasteiger partial charge is 0.233 e. The number of nitrogens with two attached hydrogens (primary N) is 1. The van der Waals surface area contributed by atoms with Gasteiger partial charge in [-0.2, -0.15) is 0 Å². The molecule has 1 aliphatic rings. The van der Waals surface area contributed by atoms with Crippen molar-refractivity contribution in [2.24, 2.45) is 11.1 Å². The zero-order chi connectivity index (χ0) is 12.3. The molecule has 5 nitrogen and oxygen atoms in total. The van der Waals surface area contributed by atoms with Gasteiger partial charge in [-0.05, 0) is 19.8 Å². The summed E-state index contributed by atoms with van der Waals surface area (Å²) in [6.45, 7) is 2.28. The fourth-order valence-corrected chi connectivity index (χ4v) is 2.92. The summed E-state index contributed by atoms with van der Waals surface area (Å²) in [6.07, 6.45) is 5.13. The number of carbonyl (C=O) groups is 1. The third-order valence-corrected chi connectivity index (χ3v) is 4.18. The third-order valence-electron chi connectivity index (χ3n) is 3.43. The van der Waals surface area contributed by atoms with Crippen LogP contribution in [0.1, 0.15) is 37.1 Å². The number of nitrogens with one attached hydrogen (secondary N) is 1. The van der Waals surface area contributed by atoms with Crippen LogP contribution in [0.4, 0.5) is 5.13 Å². The lowest BCUT2D eigenvalue weighted by atomic mass is 9.73. The zero-order valence-electron chi connectivity index (χ0n) is 10.0. The van der Waals surface area contributed by atoms with E-state index in [4.69, 9.17) is 5.73 Å². The Bertz CT molecular complexity index is 398. The summed E-state index contributed by atoms with van der Waals surface area (Å²) in [5.41, 5.74) is 5.41. The second kappa shape index (κ2) is 5.10. The van der Waals surface area contributed by atoms with Crippen LogP contribution in [0.2, 0.25) is 0 Å². The standard InChI is InChI=1S/C11H18N4OS/c1-8-14-15-10(17-8)13-9(16)11(7-12)5-3-2-4-6-11/h2-7,12H2,1H3,(H,13,15,16). The molecule has 94 valence electrons. The van der Waals surface area contributed by atoms with Gasteiger partial charge in [0, 0.05) is 6.54 Å². The number of hydrogen-bond donors (Lipinski definition) is 2. The van der Waals surface area contributed by atoms with Crippen LogP contribution in [0.15, 0.2) is 0 Å². The molecule has 6 heteroatoms. The van der Waals surface area contributed by atoms with E-state index in [2.05, 4.69) is 15.5 Å². The molecular weight excluding hydrogens is 236 g/mol. The van der Waals surface area contributed by atoms with E-state index in [1.807, 2.05) is 6.92 Å². The maximum absolute atomic E-state index is 12.3. The summed E-state index contributed by atoms with van der Waals surface area (Å²) in [4.78, 5) is 12.3. The highest BCUT2D eigenvalue weighted by molar-refractivity contribution is 7.15. The predicted octanol–water partition coefficient (Wildman–Crippen LogP) is 1.69. The van der Waals surface area contributed by atoms with Gasteiger partial charge in [-0.3, -0.25) is 10.1 Å². The molecule has 17 heavy (non-hydrogen) atoms. The number of nitrogens with zero attached hydrogens (tertiary/aromatic N) is 2. The Morgan fingerprint density at radius 1 is 1.41 bits per heavy atom. The molecule has 3 N–H and O–H groups in total. The zero-order valence-corrected chi connectivity index (χ0v) is 10.8. The fourth-order valence-electron chi connectivity index (χ4n) is 2.33. The highest BCUT2D eigenvalue weighted by Crippen LogP contribution is 2.36. The number of aryl methyl sites for hydroxylation is 1. The van der Waals surface area contributed by atoms with E-state index in [1.54, 1.807) is 0 Å². The Hall–Kier alpha value is -1.01. The van der Waals surface area contributed by atoms with Crippen LogP contribution >= 0.6 is 11.3 Å². The summed E-state index contributed by atoms with van der Waals surface area (Å²) in [7, 11) is 0. The maximum atomic E-state index is 12.3. The van der Waals surface area contributed by atoms with Gasteiger partial charge >= 0.3 is 0 Å². The van der Waals surface area contributed by atoms with Crippen molar-refractivity contribution in [1.82, 2.24) is 10.2 Å². The SMILES string of the molecule is Cc1nnc(NC(=O)C2(CN)CCCCC2)s1. The van der Waals surface area contributed by atoms with Gasteiger partial charge in [0.25, 0.3) is 0 Å². The van der Waals surface area contributed by atoms with Crippen molar-refractivity contribution >= 4 is 22.4 Å². The Balaban J connectivity index is 2.07. The van der Waals surface area contributed by atoms with Crippen molar-refractivity contribution in [3.05, 3.63) is 5.01 Å². The van der Waals surface area contributed by atoms with Crippen LogP contribution in [0, 0.1) is 12.3 Å². The van der Waals surface area contributed by atoms with Crippen molar-refractivity contribution in [1.29, 1.82) is 0 Å².